The van der Waals surface area contributed by atoms with Gasteiger partial charge in [0.05, 0.1) is 6.20 Å². The van der Waals surface area contributed by atoms with E-state index in [0.29, 0.717) is 5.92 Å². The Hall–Kier alpha value is -0.630. The zero-order chi connectivity index (χ0) is 9.26. The van der Waals surface area contributed by atoms with E-state index in [0.717, 1.165) is 24.8 Å². The minimum absolute atomic E-state index is 0.196. The van der Waals surface area contributed by atoms with E-state index in [-0.39, 0.29) is 11.2 Å². The minimum Gasteiger partial charge on any atom is -0.262 e. The topological polar surface area (TPSA) is 12.9 Å². The number of pyridine rings is 1. The van der Waals surface area contributed by atoms with Gasteiger partial charge in [-0.05, 0) is 36.8 Å². The molecule has 1 aromatic heterocycles. The molecule has 2 rings (SSSR count). The van der Waals surface area contributed by atoms with Crippen LogP contribution >= 0.6 is 11.6 Å². The molecular weight excluding hydrogens is 189 g/mol. The van der Waals surface area contributed by atoms with Crippen molar-refractivity contribution in [2.45, 2.75) is 30.6 Å². The molecule has 0 spiro atoms. The summed E-state index contributed by atoms with van der Waals surface area (Å²) in [5.74, 6) is 0.101. The largest absolute Gasteiger partial charge is 0.262 e. The maximum absolute atomic E-state index is 13.3. The van der Waals surface area contributed by atoms with Gasteiger partial charge < -0.3 is 0 Å². The molecule has 1 aliphatic rings. The third-order valence-corrected chi connectivity index (χ3v) is 3.01. The number of alkyl halides is 1. The summed E-state index contributed by atoms with van der Waals surface area (Å²) in [5, 5.41) is 0.220. The monoisotopic (exact) mass is 199 g/mol. The lowest BCUT2D eigenvalue weighted by atomic mass is 9.99. The highest BCUT2D eigenvalue weighted by Gasteiger charge is 2.25. The van der Waals surface area contributed by atoms with Crippen molar-refractivity contribution >= 4 is 11.6 Å². The normalized spacial score (nSPS) is 27.8. The van der Waals surface area contributed by atoms with Crippen molar-refractivity contribution in [1.82, 2.24) is 4.98 Å². The first-order valence-corrected chi connectivity index (χ1v) is 4.94. The van der Waals surface area contributed by atoms with Gasteiger partial charge in [0, 0.05) is 11.6 Å². The van der Waals surface area contributed by atoms with E-state index in [1.807, 2.05) is 0 Å². The standard InChI is InChI=1S/C10H11ClFN/c11-8-2-1-7(5-8)9-3-4-13-6-10(9)12/h3-4,6-8H,1-2,5H2. The molecular formula is C10H11ClFN. The molecule has 1 aliphatic carbocycles. The number of hydrogen-bond donors (Lipinski definition) is 0. The van der Waals surface area contributed by atoms with Gasteiger partial charge in [0.1, 0.15) is 5.82 Å². The van der Waals surface area contributed by atoms with Gasteiger partial charge in [-0.1, -0.05) is 0 Å². The molecule has 1 saturated carbocycles. The molecule has 1 nitrogen and oxygen atoms in total. The number of halogens is 2. The second-order valence-corrected chi connectivity index (χ2v) is 4.12. The first-order chi connectivity index (χ1) is 6.27. The van der Waals surface area contributed by atoms with Gasteiger partial charge in [-0.15, -0.1) is 11.6 Å². The van der Waals surface area contributed by atoms with Gasteiger partial charge in [0.15, 0.2) is 0 Å². The van der Waals surface area contributed by atoms with Crippen molar-refractivity contribution in [3.63, 3.8) is 0 Å². The first-order valence-electron chi connectivity index (χ1n) is 4.51. The molecule has 0 radical (unpaired) electrons. The predicted molar refractivity (Wildman–Crippen MR) is 50.4 cm³/mol. The Bertz CT molecular complexity index is 303. The number of rotatable bonds is 1. The molecule has 0 saturated heterocycles. The fraction of sp³-hybridized carbons (Fsp3) is 0.500. The van der Waals surface area contributed by atoms with E-state index in [1.165, 1.54) is 6.20 Å². The Kier molecular flexibility index (Phi) is 2.49. The van der Waals surface area contributed by atoms with E-state index in [2.05, 4.69) is 4.98 Å². The molecule has 1 aromatic rings. The quantitative estimate of drug-likeness (QED) is 0.634. The summed E-state index contributed by atoms with van der Waals surface area (Å²) < 4.78 is 13.3. The van der Waals surface area contributed by atoms with Crippen molar-refractivity contribution in [1.29, 1.82) is 0 Å². The van der Waals surface area contributed by atoms with Crippen LogP contribution in [0.1, 0.15) is 30.7 Å². The predicted octanol–water partition coefficient (Wildman–Crippen LogP) is 3.10. The third-order valence-electron chi connectivity index (χ3n) is 2.61. The van der Waals surface area contributed by atoms with E-state index in [4.69, 9.17) is 11.6 Å². The Labute approximate surface area is 81.9 Å². The van der Waals surface area contributed by atoms with Crippen LogP contribution < -0.4 is 0 Å². The van der Waals surface area contributed by atoms with Crippen LogP contribution in [0, 0.1) is 5.82 Å². The molecule has 1 heterocycles. The van der Waals surface area contributed by atoms with E-state index >= 15 is 0 Å². The Morgan fingerprint density at radius 3 is 2.92 bits per heavy atom. The van der Waals surface area contributed by atoms with Crippen molar-refractivity contribution in [2.24, 2.45) is 0 Å². The van der Waals surface area contributed by atoms with Gasteiger partial charge >= 0.3 is 0 Å². The van der Waals surface area contributed by atoms with Gasteiger partial charge in [-0.3, -0.25) is 4.98 Å². The van der Waals surface area contributed by atoms with E-state index in [1.54, 1.807) is 12.3 Å². The van der Waals surface area contributed by atoms with Crippen LogP contribution in [0.3, 0.4) is 0 Å². The van der Waals surface area contributed by atoms with Gasteiger partial charge in [-0.2, -0.15) is 0 Å². The zero-order valence-corrected chi connectivity index (χ0v) is 7.97. The Balaban J connectivity index is 2.21. The SMILES string of the molecule is Fc1cnccc1C1CCC(Cl)C1. The maximum Gasteiger partial charge on any atom is 0.144 e. The minimum atomic E-state index is -0.196. The van der Waals surface area contributed by atoms with Crippen LogP contribution in [0.2, 0.25) is 0 Å². The maximum atomic E-state index is 13.3. The Morgan fingerprint density at radius 1 is 1.46 bits per heavy atom. The van der Waals surface area contributed by atoms with Crippen LogP contribution in [0.25, 0.3) is 0 Å². The summed E-state index contributed by atoms with van der Waals surface area (Å²) in [6.45, 7) is 0. The zero-order valence-electron chi connectivity index (χ0n) is 7.21. The van der Waals surface area contributed by atoms with Crippen molar-refractivity contribution < 1.29 is 4.39 Å². The molecule has 13 heavy (non-hydrogen) atoms. The van der Waals surface area contributed by atoms with E-state index < -0.39 is 0 Å². The molecule has 0 N–H and O–H groups in total. The summed E-state index contributed by atoms with van der Waals surface area (Å²) in [4.78, 5) is 3.73. The van der Waals surface area contributed by atoms with Gasteiger partial charge in [-0.25, -0.2) is 4.39 Å². The molecule has 1 fully saturated rings. The fourth-order valence-electron chi connectivity index (χ4n) is 1.93. The number of aromatic nitrogens is 1. The summed E-state index contributed by atoms with van der Waals surface area (Å²) in [6, 6.07) is 1.76. The fourth-order valence-corrected chi connectivity index (χ4v) is 2.27. The summed E-state index contributed by atoms with van der Waals surface area (Å²) in [7, 11) is 0. The lowest BCUT2D eigenvalue weighted by Crippen LogP contribution is -1.98. The number of nitrogens with zero attached hydrogens (tertiary/aromatic N) is 1. The molecule has 0 aliphatic heterocycles. The van der Waals surface area contributed by atoms with Crippen LogP contribution in [0.5, 0.6) is 0 Å². The summed E-state index contributed by atoms with van der Waals surface area (Å²) >= 11 is 5.97. The molecule has 2 unspecified atom stereocenters. The molecule has 2 atom stereocenters. The summed E-state index contributed by atoms with van der Waals surface area (Å²) in [5.41, 5.74) is 0.776. The lowest BCUT2D eigenvalue weighted by molar-refractivity contribution is 0.575. The Morgan fingerprint density at radius 2 is 2.31 bits per heavy atom. The number of hydrogen-bond acceptors (Lipinski definition) is 1. The molecule has 3 heteroatoms. The van der Waals surface area contributed by atoms with Crippen molar-refractivity contribution in [2.75, 3.05) is 0 Å². The average molecular weight is 200 g/mol. The van der Waals surface area contributed by atoms with Crippen molar-refractivity contribution in [3.8, 4) is 0 Å². The lowest BCUT2D eigenvalue weighted by Gasteiger charge is -2.09. The van der Waals surface area contributed by atoms with Crippen LogP contribution in [0.4, 0.5) is 4.39 Å². The van der Waals surface area contributed by atoms with Crippen LogP contribution in [-0.2, 0) is 0 Å². The van der Waals surface area contributed by atoms with Crippen molar-refractivity contribution in [3.05, 3.63) is 29.8 Å². The highest BCUT2D eigenvalue weighted by atomic mass is 35.5. The van der Waals surface area contributed by atoms with Gasteiger partial charge in [0.25, 0.3) is 0 Å². The highest BCUT2D eigenvalue weighted by molar-refractivity contribution is 6.20. The second-order valence-electron chi connectivity index (χ2n) is 3.50. The smallest absolute Gasteiger partial charge is 0.144 e. The highest BCUT2D eigenvalue weighted by Crippen LogP contribution is 2.37. The van der Waals surface area contributed by atoms with E-state index in [9.17, 15) is 4.39 Å². The molecule has 0 amide bonds. The second kappa shape index (κ2) is 3.62. The van der Waals surface area contributed by atoms with Crippen LogP contribution in [0.15, 0.2) is 18.5 Å². The average Bonchev–Trinajstić information content (AvgIpc) is 2.53. The molecule has 0 aromatic carbocycles. The molecule has 70 valence electrons. The third kappa shape index (κ3) is 1.83. The molecule has 0 bridgehead atoms. The first kappa shape index (κ1) is 8.95. The summed E-state index contributed by atoms with van der Waals surface area (Å²) in [6.07, 6.45) is 5.79. The van der Waals surface area contributed by atoms with Crippen LogP contribution in [-0.4, -0.2) is 10.4 Å². The van der Waals surface area contributed by atoms with Gasteiger partial charge in [0.2, 0.25) is 0 Å².